The van der Waals surface area contributed by atoms with E-state index in [4.69, 9.17) is 0 Å². The molecule has 1 atom stereocenters. The van der Waals surface area contributed by atoms with Crippen molar-refractivity contribution >= 4 is 5.82 Å². The number of nitriles is 1. The van der Waals surface area contributed by atoms with Crippen molar-refractivity contribution in [3.05, 3.63) is 22.9 Å². The maximum atomic E-state index is 9.24. The number of aromatic nitrogens is 1. The fourth-order valence-corrected chi connectivity index (χ4v) is 2.86. The fourth-order valence-electron chi connectivity index (χ4n) is 2.86. The molecule has 0 bridgehead atoms. The smallest absolute Gasteiger partial charge is 0.144 e. The first-order valence-corrected chi connectivity index (χ1v) is 7.02. The summed E-state index contributed by atoms with van der Waals surface area (Å²) in [5.74, 6) is 0.739. The van der Waals surface area contributed by atoms with Gasteiger partial charge in [0.1, 0.15) is 11.9 Å². The zero-order valence-electron chi connectivity index (χ0n) is 12.0. The number of anilines is 1. The van der Waals surface area contributed by atoms with Gasteiger partial charge in [0, 0.05) is 18.3 Å². The standard InChI is InChI=1S/C15H22N4/c1-4-19-7-5-6-13(19)10-17-15-14(9-16)11(2)8-12(3)18-15/h8,13H,4-7,10H2,1-3H3,(H,17,18). The Kier molecular flexibility index (Phi) is 4.39. The molecule has 0 spiro atoms. The van der Waals surface area contributed by atoms with E-state index in [1.807, 2.05) is 19.9 Å². The molecule has 1 saturated heterocycles. The highest BCUT2D eigenvalue weighted by atomic mass is 15.2. The minimum Gasteiger partial charge on any atom is -0.367 e. The highest BCUT2D eigenvalue weighted by Gasteiger charge is 2.23. The molecule has 4 heteroatoms. The van der Waals surface area contributed by atoms with E-state index < -0.39 is 0 Å². The molecule has 0 aromatic carbocycles. The molecule has 102 valence electrons. The van der Waals surface area contributed by atoms with Crippen LogP contribution in [0.25, 0.3) is 0 Å². The van der Waals surface area contributed by atoms with Crippen LogP contribution in [0.3, 0.4) is 0 Å². The summed E-state index contributed by atoms with van der Waals surface area (Å²) in [6, 6.07) is 4.78. The Morgan fingerprint density at radius 1 is 1.53 bits per heavy atom. The maximum Gasteiger partial charge on any atom is 0.144 e. The van der Waals surface area contributed by atoms with Crippen LogP contribution < -0.4 is 5.32 Å². The van der Waals surface area contributed by atoms with E-state index in [1.165, 1.54) is 19.4 Å². The van der Waals surface area contributed by atoms with E-state index in [0.29, 0.717) is 11.6 Å². The third-order valence-electron chi connectivity index (χ3n) is 3.87. The third-order valence-corrected chi connectivity index (χ3v) is 3.87. The quantitative estimate of drug-likeness (QED) is 0.901. The first-order valence-electron chi connectivity index (χ1n) is 7.02. The van der Waals surface area contributed by atoms with Crippen LogP contribution in [0.4, 0.5) is 5.82 Å². The first kappa shape index (κ1) is 13.8. The van der Waals surface area contributed by atoms with E-state index in [-0.39, 0.29) is 0 Å². The number of nitrogens with zero attached hydrogens (tertiary/aromatic N) is 3. The lowest BCUT2D eigenvalue weighted by Gasteiger charge is -2.23. The van der Waals surface area contributed by atoms with Gasteiger partial charge in [0.15, 0.2) is 0 Å². The van der Waals surface area contributed by atoms with Crippen LogP contribution in [0.2, 0.25) is 0 Å². The van der Waals surface area contributed by atoms with Gasteiger partial charge in [0.25, 0.3) is 0 Å². The van der Waals surface area contributed by atoms with Crippen molar-refractivity contribution < 1.29 is 0 Å². The molecule has 1 aliphatic heterocycles. The number of hydrogen-bond acceptors (Lipinski definition) is 4. The molecule has 0 saturated carbocycles. The number of likely N-dealkylation sites (N-methyl/N-ethyl adjacent to an activating group) is 1. The van der Waals surface area contributed by atoms with E-state index in [2.05, 4.69) is 28.2 Å². The topological polar surface area (TPSA) is 52.0 Å². The summed E-state index contributed by atoms with van der Waals surface area (Å²) in [4.78, 5) is 6.95. The predicted molar refractivity (Wildman–Crippen MR) is 77.2 cm³/mol. The van der Waals surface area contributed by atoms with Crippen LogP contribution in [-0.4, -0.2) is 35.6 Å². The average Bonchev–Trinajstić information content (AvgIpc) is 2.83. The molecule has 1 aliphatic rings. The Morgan fingerprint density at radius 2 is 2.32 bits per heavy atom. The van der Waals surface area contributed by atoms with E-state index in [1.54, 1.807) is 0 Å². The molecule has 1 N–H and O–H groups in total. The van der Waals surface area contributed by atoms with Gasteiger partial charge >= 0.3 is 0 Å². The van der Waals surface area contributed by atoms with Crippen LogP contribution >= 0.6 is 0 Å². The van der Waals surface area contributed by atoms with Crippen molar-refractivity contribution in [2.24, 2.45) is 0 Å². The number of pyridine rings is 1. The molecular formula is C15H22N4. The van der Waals surface area contributed by atoms with Crippen LogP contribution in [0.5, 0.6) is 0 Å². The zero-order chi connectivity index (χ0) is 13.8. The number of likely N-dealkylation sites (tertiary alicyclic amines) is 1. The van der Waals surface area contributed by atoms with Crippen molar-refractivity contribution in [2.75, 3.05) is 25.0 Å². The molecule has 1 unspecified atom stereocenters. The summed E-state index contributed by atoms with van der Waals surface area (Å²) in [5, 5.41) is 12.6. The van der Waals surface area contributed by atoms with Crippen molar-refractivity contribution in [3.8, 4) is 6.07 Å². The summed E-state index contributed by atoms with van der Waals surface area (Å²) in [7, 11) is 0. The first-order chi connectivity index (χ1) is 9.15. The summed E-state index contributed by atoms with van der Waals surface area (Å²) in [5.41, 5.74) is 2.63. The molecule has 4 nitrogen and oxygen atoms in total. The molecule has 1 fully saturated rings. The molecule has 2 heterocycles. The van der Waals surface area contributed by atoms with Gasteiger partial charge in [-0.1, -0.05) is 6.92 Å². The lowest BCUT2D eigenvalue weighted by Crippen LogP contribution is -2.35. The summed E-state index contributed by atoms with van der Waals surface area (Å²) < 4.78 is 0. The SMILES string of the molecule is CCN1CCCC1CNc1nc(C)cc(C)c1C#N. The molecule has 0 radical (unpaired) electrons. The molecule has 0 aliphatic carbocycles. The Morgan fingerprint density at radius 3 is 3.00 bits per heavy atom. The second-order valence-electron chi connectivity index (χ2n) is 5.22. The van der Waals surface area contributed by atoms with Crippen molar-refractivity contribution in [1.29, 1.82) is 5.26 Å². The van der Waals surface area contributed by atoms with E-state index >= 15 is 0 Å². The summed E-state index contributed by atoms with van der Waals surface area (Å²) in [6.07, 6.45) is 2.50. The highest BCUT2D eigenvalue weighted by molar-refractivity contribution is 5.56. The van der Waals surface area contributed by atoms with Crippen LogP contribution in [-0.2, 0) is 0 Å². The van der Waals surface area contributed by atoms with E-state index in [9.17, 15) is 5.26 Å². The molecule has 1 aromatic rings. The van der Waals surface area contributed by atoms with Crippen molar-refractivity contribution in [3.63, 3.8) is 0 Å². The van der Waals surface area contributed by atoms with Gasteiger partial charge < -0.3 is 5.32 Å². The lowest BCUT2D eigenvalue weighted by atomic mass is 10.1. The van der Waals surface area contributed by atoms with Gasteiger partial charge in [0.05, 0.1) is 5.56 Å². The molecule has 19 heavy (non-hydrogen) atoms. The average molecular weight is 258 g/mol. The van der Waals surface area contributed by atoms with Crippen LogP contribution in [0.1, 0.15) is 36.6 Å². The van der Waals surface area contributed by atoms with Crippen LogP contribution in [0, 0.1) is 25.2 Å². The minimum absolute atomic E-state index is 0.569. The third kappa shape index (κ3) is 3.05. The van der Waals surface area contributed by atoms with Gasteiger partial charge in [-0.25, -0.2) is 4.98 Å². The van der Waals surface area contributed by atoms with E-state index in [0.717, 1.165) is 30.2 Å². The Bertz CT molecular complexity index is 490. The fraction of sp³-hybridized carbons (Fsp3) is 0.600. The number of rotatable bonds is 4. The molecule has 2 rings (SSSR count). The molecular weight excluding hydrogens is 236 g/mol. The number of aryl methyl sites for hydroxylation is 2. The van der Waals surface area contributed by atoms with Crippen molar-refractivity contribution in [1.82, 2.24) is 9.88 Å². The Labute approximate surface area is 115 Å². The monoisotopic (exact) mass is 258 g/mol. The van der Waals surface area contributed by atoms with Gasteiger partial charge in [0.2, 0.25) is 0 Å². The maximum absolute atomic E-state index is 9.24. The van der Waals surface area contributed by atoms with Crippen molar-refractivity contribution in [2.45, 2.75) is 39.7 Å². The van der Waals surface area contributed by atoms with Gasteiger partial charge in [-0.15, -0.1) is 0 Å². The van der Waals surface area contributed by atoms with Gasteiger partial charge in [-0.2, -0.15) is 5.26 Å². The number of nitrogens with one attached hydrogen (secondary N) is 1. The molecule has 0 amide bonds. The summed E-state index contributed by atoms with van der Waals surface area (Å²) in [6.45, 7) is 9.29. The molecule has 1 aromatic heterocycles. The second kappa shape index (κ2) is 6.03. The zero-order valence-corrected chi connectivity index (χ0v) is 12.0. The Hall–Kier alpha value is -1.60. The summed E-state index contributed by atoms with van der Waals surface area (Å²) >= 11 is 0. The lowest BCUT2D eigenvalue weighted by molar-refractivity contribution is 0.277. The van der Waals surface area contributed by atoms with Gasteiger partial charge in [-0.05, 0) is 51.4 Å². The largest absolute Gasteiger partial charge is 0.367 e. The number of hydrogen-bond donors (Lipinski definition) is 1. The minimum atomic E-state index is 0.569. The predicted octanol–water partition coefficient (Wildman–Crippen LogP) is 2.47. The second-order valence-corrected chi connectivity index (χ2v) is 5.22. The van der Waals surface area contributed by atoms with Crippen LogP contribution in [0.15, 0.2) is 6.07 Å². The van der Waals surface area contributed by atoms with Gasteiger partial charge in [-0.3, -0.25) is 4.90 Å². The highest BCUT2D eigenvalue weighted by Crippen LogP contribution is 2.20. The normalized spacial score (nSPS) is 19.4. The Balaban J connectivity index is 2.09.